The SMILES string of the molecule is CS(C)(=O)=Nc1ccc(CC(NC(=O)c2ccc(-n3ncc4ccccc43)cc2)C(=O)O)cc1. The molecule has 0 bridgehead atoms. The van der Waals surface area contributed by atoms with Crippen LogP contribution in [0.1, 0.15) is 15.9 Å². The Hall–Kier alpha value is -3.98. The molecule has 0 spiro atoms. The summed E-state index contributed by atoms with van der Waals surface area (Å²) in [6.07, 6.45) is 4.96. The van der Waals surface area contributed by atoms with Gasteiger partial charge in [0.05, 0.1) is 23.1 Å². The molecule has 2 N–H and O–H groups in total. The molecular weight excluding hydrogens is 452 g/mol. The van der Waals surface area contributed by atoms with Crippen molar-refractivity contribution in [3.05, 3.63) is 90.1 Å². The summed E-state index contributed by atoms with van der Waals surface area (Å²) < 4.78 is 17.7. The number of para-hydroxylation sites is 1. The van der Waals surface area contributed by atoms with E-state index in [4.69, 9.17) is 0 Å². The van der Waals surface area contributed by atoms with Crippen molar-refractivity contribution >= 4 is 38.2 Å². The van der Waals surface area contributed by atoms with E-state index in [2.05, 4.69) is 14.8 Å². The van der Waals surface area contributed by atoms with Gasteiger partial charge in [-0.3, -0.25) is 4.79 Å². The van der Waals surface area contributed by atoms with Gasteiger partial charge in [0.15, 0.2) is 0 Å². The van der Waals surface area contributed by atoms with E-state index in [-0.39, 0.29) is 6.42 Å². The third-order valence-electron chi connectivity index (χ3n) is 5.16. The largest absolute Gasteiger partial charge is 0.480 e. The number of amides is 1. The number of aliphatic carboxylic acids is 1. The van der Waals surface area contributed by atoms with Crippen LogP contribution in [0.3, 0.4) is 0 Å². The van der Waals surface area contributed by atoms with E-state index in [9.17, 15) is 18.9 Å². The van der Waals surface area contributed by atoms with E-state index in [1.807, 2.05) is 24.3 Å². The molecule has 1 heterocycles. The number of carbonyl (C=O) groups excluding carboxylic acids is 1. The fraction of sp³-hybridized carbons (Fsp3) is 0.160. The van der Waals surface area contributed by atoms with Gasteiger partial charge in [-0.2, -0.15) is 9.46 Å². The van der Waals surface area contributed by atoms with Crippen molar-refractivity contribution in [2.75, 3.05) is 12.5 Å². The molecule has 0 aliphatic carbocycles. The van der Waals surface area contributed by atoms with E-state index in [1.54, 1.807) is 71.9 Å². The number of carboxylic acids is 1. The van der Waals surface area contributed by atoms with Gasteiger partial charge in [0.25, 0.3) is 5.91 Å². The minimum Gasteiger partial charge on any atom is -0.480 e. The van der Waals surface area contributed by atoms with Crippen LogP contribution in [0.4, 0.5) is 5.69 Å². The number of hydrogen-bond donors (Lipinski definition) is 2. The summed E-state index contributed by atoms with van der Waals surface area (Å²) in [4.78, 5) is 24.5. The lowest BCUT2D eigenvalue weighted by molar-refractivity contribution is -0.139. The van der Waals surface area contributed by atoms with Crippen LogP contribution in [0.2, 0.25) is 0 Å². The molecule has 3 aromatic carbocycles. The topological polar surface area (TPSA) is 114 Å². The molecule has 34 heavy (non-hydrogen) atoms. The highest BCUT2D eigenvalue weighted by Crippen LogP contribution is 2.19. The minimum absolute atomic E-state index is 0.104. The van der Waals surface area contributed by atoms with Crippen molar-refractivity contribution in [3.63, 3.8) is 0 Å². The summed E-state index contributed by atoms with van der Waals surface area (Å²) in [7, 11) is -2.28. The molecule has 0 aliphatic rings. The normalized spacial score (nSPS) is 12.3. The second kappa shape index (κ2) is 9.48. The molecule has 1 aromatic heterocycles. The Morgan fingerprint density at radius 1 is 1.03 bits per heavy atom. The van der Waals surface area contributed by atoms with E-state index in [0.29, 0.717) is 16.8 Å². The number of benzene rings is 3. The number of aromatic nitrogens is 2. The van der Waals surface area contributed by atoms with Crippen LogP contribution in [0, 0.1) is 0 Å². The first-order chi connectivity index (χ1) is 16.2. The minimum atomic E-state index is -2.28. The lowest BCUT2D eigenvalue weighted by atomic mass is 10.0. The molecular formula is C25H24N4O4S. The summed E-state index contributed by atoms with van der Waals surface area (Å²) in [6, 6.07) is 20.3. The monoisotopic (exact) mass is 476 g/mol. The number of nitrogens with zero attached hydrogens (tertiary/aromatic N) is 3. The maximum absolute atomic E-state index is 12.7. The highest BCUT2D eigenvalue weighted by molar-refractivity contribution is 7.92. The van der Waals surface area contributed by atoms with Crippen LogP contribution in [0.15, 0.2) is 83.4 Å². The zero-order valence-corrected chi connectivity index (χ0v) is 19.5. The van der Waals surface area contributed by atoms with Crippen molar-refractivity contribution in [1.29, 1.82) is 0 Å². The average molecular weight is 477 g/mol. The Bertz CT molecular complexity index is 1460. The van der Waals surface area contributed by atoms with Crippen molar-refractivity contribution in [1.82, 2.24) is 15.1 Å². The molecule has 1 amide bonds. The second-order valence-corrected chi connectivity index (χ2v) is 10.7. The zero-order chi connectivity index (χ0) is 24.3. The lowest BCUT2D eigenvalue weighted by Gasteiger charge is -2.15. The summed E-state index contributed by atoms with van der Waals surface area (Å²) in [6.45, 7) is 0. The number of fused-ring (bicyclic) bond motifs is 1. The zero-order valence-electron chi connectivity index (χ0n) is 18.7. The summed E-state index contributed by atoms with van der Waals surface area (Å²) in [5, 5.41) is 17.6. The van der Waals surface area contributed by atoms with Gasteiger partial charge in [-0.05, 0) is 48.0 Å². The number of hydrogen-bond acceptors (Lipinski definition) is 5. The standard InChI is InChI=1S/C25H24N4O4S/c1-34(2,33)28-20-11-7-17(8-12-20)15-22(25(31)32)27-24(30)18-9-13-21(14-10-18)29-23-6-4-3-5-19(23)16-26-29/h3-14,16,22H,15H2,1-2H3,(H,27,30)(H,31,32). The molecule has 0 aliphatic heterocycles. The number of rotatable bonds is 7. The Labute approximate surface area is 197 Å². The van der Waals surface area contributed by atoms with Crippen LogP contribution >= 0.6 is 0 Å². The van der Waals surface area contributed by atoms with Crippen molar-refractivity contribution in [2.45, 2.75) is 12.5 Å². The molecule has 9 heteroatoms. The summed E-state index contributed by atoms with van der Waals surface area (Å²) in [5.41, 5.74) is 3.36. The van der Waals surface area contributed by atoms with Crippen molar-refractivity contribution in [2.24, 2.45) is 4.36 Å². The predicted molar refractivity (Wildman–Crippen MR) is 132 cm³/mol. The molecule has 1 unspecified atom stereocenters. The first kappa shape index (κ1) is 23.2. The average Bonchev–Trinajstić information content (AvgIpc) is 3.23. The molecule has 174 valence electrons. The Morgan fingerprint density at radius 3 is 2.35 bits per heavy atom. The fourth-order valence-electron chi connectivity index (χ4n) is 3.56. The van der Waals surface area contributed by atoms with Gasteiger partial charge in [0.2, 0.25) is 0 Å². The van der Waals surface area contributed by atoms with Gasteiger partial charge in [0.1, 0.15) is 6.04 Å². The Kier molecular flexibility index (Phi) is 6.47. The summed E-state index contributed by atoms with van der Waals surface area (Å²) in [5.74, 6) is -1.61. The maximum atomic E-state index is 12.7. The first-order valence-electron chi connectivity index (χ1n) is 10.5. The molecule has 4 aromatic rings. The first-order valence-corrected chi connectivity index (χ1v) is 12.9. The number of carbonyl (C=O) groups is 2. The quantitative estimate of drug-likeness (QED) is 0.421. The van der Waals surface area contributed by atoms with Crippen molar-refractivity contribution < 1.29 is 18.9 Å². The highest BCUT2D eigenvalue weighted by atomic mass is 32.2. The van der Waals surface area contributed by atoms with E-state index < -0.39 is 27.6 Å². The van der Waals surface area contributed by atoms with Crippen molar-refractivity contribution in [3.8, 4) is 5.69 Å². The molecule has 0 saturated carbocycles. The molecule has 0 fully saturated rings. The van der Waals surface area contributed by atoms with Gasteiger partial charge in [-0.15, -0.1) is 0 Å². The van der Waals surface area contributed by atoms with Gasteiger partial charge in [-0.1, -0.05) is 30.3 Å². The van der Waals surface area contributed by atoms with Gasteiger partial charge < -0.3 is 10.4 Å². The Morgan fingerprint density at radius 2 is 1.71 bits per heavy atom. The molecule has 0 radical (unpaired) electrons. The van der Waals surface area contributed by atoms with E-state index in [1.165, 1.54) is 0 Å². The van der Waals surface area contributed by atoms with Crippen LogP contribution in [-0.2, 0) is 20.9 Å². The molecule has 1 atom stereocenters. The number of carboxylic acid groups (broad SMARTS) is 1. The fourth-order valence-corrected chi connectivity index (χ4v) is 4.18. The van der Waals surface area contributed by atoms with Crippen LogP contribution < -0.4 is 5.32 Å². The summed E-state index contributed by atoms with van der Waals surface area (Å²) >= 11 is 0. The molecule has 8 nitrogen and oxygen atoms in total. The van der Waals surface area contributed by atoms with Crippen LogP contribution in [-0.4, -0.2) is 49.5 Å². The predicted octanol–water partition coefficient (Wildman–Crippen LogP) is 3.81. The van der Waals surface area contributed by atoms with Gasteiger partial charge in [-0.25, -0.2) is 13.7 Å². The van der Waals surface area contributed by atoms with Crippen LogP contribution in [0.5, 0.6) is 0 Å². The van der Waals surface area contributed by atoms with Crippen LogP contribution in [0.25, 0.3) is 16.6 Å². The van der Waals surface area contributed by atoms with E-state index >= 15 is 0 Å². The molecule has 0 saturated heterocycles. The molecule has 4 rings (SSSR count). The van der Waals surface area contributed by atoms with Gasteiger partial charge in [0, 0.05) is 39.6 Å². The number of nitrogens with one attached hydrogen (secondary N) is 1. The third-order valence-corrected chi connectivity index (χ3v) is 5.81. The second-order valence-electron chi connectivity index (χ2n) is 8.17. The van der Waals surface area contributed by atoms with E-state index in [0.717, 1.165) is 16.6 Å². The maximum Gasteiger partial charge on any atom is 0.326 e. The third kappa shape index (κ3) is 5.49. The van der Waals surface area contributed by atoms with Gasteiger partial charge >= 0.3 is 5.97 Å². The highest BCUT2D eigenvalue weighted by Gasteiger charge is 2.21. The smallest absolute Gasteiger partial charge is 0.326 e. The lowest BCUT2D eigenvalue weighted by Crippen LogP contribution is -2.42. The Balaban J connectivity index is 1.46.